The van der Waals surface area contributed by atoms with E-state index in [-0.39, 0.29) is 0 Å². The van der Waals surface area contributed by atoms with E-state index in [1.165, 1.54) is 11.8 Å². The topological polar surface area (TPSA) is 79.8 Å². The van der Waals surface area contributed by atoms with Crippen LogP contribution >= 0.6 is 0 Å². The number of hydrogen-bond donors (Lipinski definition) is 2. The third kappa shape index (κ3) is 8.16. The Labute approximate surface area is 180 Å². The second kappa shape index (κ2) is 11.7. The van der Waals surface area contributed by atoms with Gasteiger partial charge in [0.25, 0.3) is 0 Å². The Morgan fingerprint density at radius 2 is 1.83 bits per heavy atom. The molecule has 0 radical (unpaired) electrons. The van der Waals surface area contributed by atoms with Crippen molar-refractivity contribution >= 4 is 15.8 Å². The minimum absolute atomic E-state index is 0.328. The van der Waals surface area contributed by atoms with E-state index in [2.05, 4.69) is 34.7 Å². The molecule has 0 amide bonds. The maximum absolute atomic E-state index is 11.8. The van der Waals surface area contributed by atoms with E-state index in [1.54, 1.807) is 6.07 Å². The number of benzene rings is 2. The van der Waals surface area contributed by atoms with Gasteiger partial charge in [-0.25, -0.2) is 13.4 Å². The summed E-state index contributed by atoms with van der Waals surface area (Å²) in [4.78, 5) is 4.99. The Morgan fingerprint density at radius 3 is 2.47 bits per heavy atom. The van der Waals surface area contributed by atoms with E-state index >= 15 is 0 Å². The van der Waals surface area contributed by atoms with Gasteiger partial charge in [-0.2, -0.15) is 0 Å². The van der Waals surface area contributed by atoms with Crippen LogP contribution in [-0.4, -0.2) is 40.3 Å². The van der Waals surface area contributed by atoms with E-state index in [0.717, 1.165) is 30.2 Å². The highest BCUT2D eigenvalue weighted by atomic mass is 32.2. The van der Waals surface area contributed by atoms with E-state index in [1.807, 2.05) is 44.2 Å². The summed E-state index contributed by atoms with van der Waals surface area (Å²) in [5.41, 5.74) is 2.88. The van der Waals surface area contributed by atoms with Gasteiger partial charge in [-0.15, -0.1) is 0 Å². The molecule has 164 valence electrons. The quantitative estimate of drug-likeness (QED) is 0.446. The molecule has 0 aliphatic carbocycles. The van der Waals surface area contributed by atoms with E-state index in [0.29, 0.717) is 30.6 Å². The number of nitrogens with zero attached hydrogens (tertiary/aromatic N) is 1. The number of aliphatic imine (C=N–C) groups is 1. The first kappa shape index (κ1) is 23.9. The Bertz CT molecular complexity index is 928. The lowest BCUT2D eigenvalue weighted by Gasteiger charge is -2.16. The zero-order chi connectivity index (χ0) is 22.0. The SMILES string of the molecule is CCNC(=NCc1ccc(S(C)(=O)=O)c(C)c1)NCC(C)COCc1ccccc1. The van der Waals surface area contributed by atoms with Crippen molar-refractivity contribution in [3.63, 3.8) is 0 Å². The molecule has 0 aromatic heterocycles. The van der Waals surface area contributed by atoms with Crippen molar-refractivity contribution in [2.24, 2.45) is 10.9 Å². The van der Waals surface area contributed by atoms with Crippen LogP contribution in [0.3, 0.4) is 0 Å². The molecule has 0 heterocycles. The molecule has 1 unspecified atom stereocenters. The minimum atomic E-state index is -3.21. The summed E-state index contributed by atoms with van der Waals surface area (Å²) in [5, 5.41) is 6.60. The second-order valence-corrected chi connectivity index (χ2v) is 9.54. The van der Waals surface area contributed by atoms with Gasteiger partial charge in [-0.05, 0) is 42.5 Å². The summed E-state index contributed by atoms with van der Waals surface area (Å²) in [6.45, 7) is 9.21. The monoisotopic (exact) mass is 431 g/mol. The molecule has 2 aromatic carbocycles. The smallest absolute Gasteiger partial charge is 0.191 e. The minimum Gasteiger partial charge on any atom is -0.376 e. The highest BCUT2D eigenvalue weighted by Gasteiger charge is 2.11. The lowest BCUT2D eigenvalue weighted by Crippen LogP contribution is -2.40. The van der Waals surface area contributed by atoms with Gasteiger partial charge in [0.15, 0.2) is 15.8 Å². The van der Waals surface area contributed by atoms with Gasteiger partial charge in [-0.3, -0.25) is 0 Å². The molecule has 0 fully saturated rings. The van der Waals surface area contributed by atoms with Crippen LogP contribution in [0.25, 0.3) is 0 Å². The zero-order valence-electron chi connectivity index (χ0n) is 18.3. The molecule has 2 rings (SSSR count). The van der Waals surface area contributed by atoms with Crippen LogP contribution in [0.15, 0.2) is 58.4 Å². The molecule has 0 bridgehead atoms. The first-order chi connectivity index (χ1) is 14.3. The number of nitrogens with one attached hydrogen (secondary N) is 2. The number of guanidine groups is 1. The number of aryl methyl sites for hydroxylation is 1. The van der Waals surface area contributed by atoms with Gasteiger partial charge in [0, 0.05) is 19.3 Å². The predicted octanol–water partition coefficient (Wildman–Crippen LogP) is 3.31. The Balaban J connectivity index is 1.85. The van der Waals surface area contributed by atoms with Crippen molar-refractivity contribution in [3.05, 3.63) is 65.2 Å². The van der Waals surface area contributed by atoms with Crippen molar-refractivity contribution in [1.82, 2.24) is 10.6 Å². The molecule has 1 atom stereocenters. The van der Waals surface area contributed by atoms with Gasteiger partial charge in [-0.1, -0.05) is 49.4 Å². The molecule has 7 heteroatoms. The number of ether oxygens (including phenoxy) is 1. The van der Waals surface area contributed by atoms with Crippen LogP contribution in [0.1, 0.15) is 30.5 Å². The van der Waals surface area contributed by atoms with Crippen LogP contribution in [-0.2, 0) is 27.7 Å². The van der Waals surface area contributed by atoms with Crippen molar-refractivity contribution < 1.29 is 13.2 Å². The first-order valence-corrected chi connectivity index (χ1v) is 12.1. The van der Waals surface area contributed by atoms with Gasteiger partial charge in [0.1, 0.15) is 0 Å². The molecular formula is C23H33N3O3S. The second-order valence-electron chi connectivity index (χ2n) is 7.55. The van der Waals surface area contributed by atoms with Crippen LogP contribution < -0.4 is 10.6 Å². The summed E-state index contributed by atoms with van der Waals surface area (Å²) in [6.07, 6.45) is 1.23. The Kier molecular flexibility index (Phi) is 9.33. The molecule has 30 heavy (non-hydrogen) atoms. The standard InChI is InChI=1S/C23H33N3O3S/c1-5-24-23(25-14-18(2)16-29-17-20-9-7-6-8-10-20)26-15-21-11-12-22(19(3)13-21)30(4,27)28/h6-13,18H,5,14-17H2,1-4H3,(H2,24,25,26). The molecule has 2 aromatic rings. The highest BCUT2D eigenvalue weighted by molar-refractivity contribution is 7.90. The molecule has 0 aliphatic heterocycles. The average molecular weight is 432 g/mol. The normalized spacial score (nSPS) is 13.1. The van der Waals surface area contributed by atoms with Crippen molar-refractivity contribution in [2.75, 3.05) is 26.0 Å². The third-order valence-electron chi connectivity index (χ3n) is 4.53. The molecule has 0 saturated carbocycles. The summed E-state index contributed by atoms with van der Waals surface area (Å²) in [5.74, 6) is 1.06. The van der Waals surface area contributed by atoms with Crippen molar-refractivity contribution in [2.45, 2.75) is 38.8 Å². The lowest BCUT2D eigenvalue weighted by molar-refractivity contribution is 0.0931. The number of sulfone groups is 1. The third-order valence-corrected chi connectivity index (χ3v) is 5.79. The summed E-state index contributed by atoms with van der Waals surface area (Å²) in [6, 6.07) is 15.5. The fourth-order valence-electron chi connectivity index (χ4n) is 3.02. The molecule has 0 aliphatic rings. The van der Waals surface area contributed by atoms with Crippen LogP contribution in [0.4, 0.5) is 0 Å². The number of rotatable bonds is 10. The Morgan fingerprint density at radius 1 is 1.10 bits per heavy atom. The highest BCUT2D eigenvalue weighted by Crippen LogP contribution is 2.17. The van der Waals surface area contributed by atoms with Crippen LogP contribution in [0, 0.1) is 12.8 Å². The van der Waals surface area contributed by atoms with Crippen molar-refractivity contribution in [3.8, 4) is 0 Å². The van der Waals surface area contributed by atoms with E-state index < -0.39 is 9.84 Å². The maximum Gasteiger partial charge on any atom is 0.191 e. The predicted molar refractivity (Wildman–Crippen MR) is 122 cm³/mol. The summed E-state index contributed by atoms with van der Waals surface area (Å²) in [7, 11) is -3.21. The van der Waals surface area contributed by atoms with Gasteiger partial charge in [0.05, 0.1) is 24.7 Å². The maximum atomic E-state index is 11.8. The van der Waals surface area contributed by atoms with E-state index in [9.17, 15) is 8.42 Å². The van der Waals surface area contributed by atoms with E-state index in [4.69, 9.17) is 4.74 Å². The summed E-state index contributed by atoms with van der Waals surface area (Å²) < 4.78 is 29.3. The fraction of sp³-hybridized carbons (Fsp3) is 0.435. The average Bonchev–Trinajstić information content (AvgIpc) is 2.70. The van der Waals surface area contributed by atoms with Crippen molar-refractivity contribution in [1.29, 1.82) is 0 Å². The molecule has 0 saturated heterocycles. The van der Waals surface area contributed by atoms with Gasteiger partial charge >= 0.3 is 0 Å². The van der Waals surface area contributed by atoms with Crippen LogP contribution in [0.2, 0.25) is 0 Å². The number of hydrogen-bond acceptors (Lipinski definition) is 4. The van der Waals surface area contributed by atoms with Gasteiger partial charge < -0.3 is 15.4 Å². The first-order valence-electron chi connectivity index (χ1n) is 10.2. The molecule has 0 spiro atoms. The zero-order valence-corrected chi connectivity index (χ0v) is 19.1. The fourth-order valence-corrected chi connectivity index (χ4v) is 3.98. The molecule has 6 nitrogen and oxygen atoms in total. The molecular weight excluding hydrogens is 398 g/mol. The summed E-state index contributed by atoms with van der Waals surface area (Å²) >= 11 is 0. The van der Waals surface area contributed by atoms with Crippen LogP contribution in [0.5, 0.6) is 0 Å². The van der Waals surface area contributed by atoms with Gasteiger partial charge in [0.2, 0.25) is 0 Å². The molecule has 2 N–H and O–H groups in total. The largest absolute Gasteiger partial charge is 0.376 e. The lowest BCUT2D eigenvalue weighted by atomic mass is 10.1. The Hall–Kier alpha value is -2.38.